The third-order valence-corrected chi connectivity index (χ3v) is 3.74. The molecule has 0 radical (unpaired) electrons. The first kappa shape index (κ1) is 18.8. The Morgan fingerprint density at radius 3 is 2.43 bits per heavy atom. The molecular formula is C21H18N4O3. The SMILES string of the molecule is COc1ccc(N=N/C(C(=O)Nc2cccnc2)=C(\O)c2ccccc2)cc1. The molecular weight excluding hydrogens is 356 g/mol. The summed E-state index contributed by atoms with van der Waals surface area (Å²) in [5, 5.41) is 21.3. The maximum atomic E-state index is 12.7. The summed E-state index contributed by atoms with van der Waals surface area (Å²) in [5.74, 6) is -0.206. The molecule has 0 saturated carbocycles. The van der Waals surface area contributed by atoms with E-state index in [1.54, 1.807) is 74.0 Å². The highest BCUT2D eigenvalue weighted by Gasteiger charge is 2.17. The predicted molar refractivity (Wildman–Crippen MR) is 106 cm³/mol. The van der Waals surface area contributed by atoms with Gasteiger partial charge in [0.2, 0.25) is 0 Å². The van der Waals surface area contributed by atoms with E-state index in [2.05, 4.69) is 20.5 Å². The summed E-state index contributed by atoms with van der Waals surface area (Å²) in [5.41, 5.74) is 1.22. The number of benzene rings is 2. The smallest absolute Gasteiger partial charge is 0.280 e. The Balaban J connectivity index is 1.94. The summed E-state index contributed by atoms with van der Waals surface area (Å²) in [6, 6.07) is 18.9. The zero-order chi connectivity index (χ0) is 19.8. The number of carbonyl (C=O) groups is 1. The van der Waals surface area contributed by atoms with Crippen molar-refractivity contribution in [2.75, 3.05) is 12.4 Å². The summed E-state index contributed by atoms with van der Waals surface area (Å²) < 4.78 is 5.10. The number of methoxy groups -OCH3 is 1. The van der Waals surface area contributed by atoms with Crippen molar-refractivity contribution in [1.82, 2.24) is 4.98 Å². The van der Waals surface area contributed by atoms with Crippen LogP contribution in [0.2, 0.25) is 0 Å². The number of aromatic nitrogens is 1. The van der Waals surface area contributed by atoms with Crippen LogP contribution in [0.5, 0.6) is 5.75 Å². The number of hydrogen-bond acceptors (Lipinski definition) is 6. The quantitative estimate of drug-likeness (QED) is 0.370. The van der Waals surface area contributed by atoms with Crippen molar-refractivity contribution in [3.63, 3.8) is 0 Å². The summed E-state index contributed by atoms with van der Waals surface area (Å²) in [6.07, 6.45) is 3.09. The second-order valence-electron chi connectivity index (χ2n) is 5.66. The van der Waals surface area contributed by atoms with E-state index in [0.29, 0.717) is 22.7 Å². The third-order valence-electron chi connectivity index (χ3n) is 3.74. The molecule has 0 atom stereocenters. The molecule has 1 heterocycles. The zero-order valence-electron chi connectivity index (χ0n) is 15.1. The molecule has 0 spiro atoms. The summed E-state index contributed by atoms with van der Waals surface area (Å²) in [6.45, 7) is 0. The lowest BCUT2D eigenvalue weighted by Crippen LogP contribution is -2.15. The monoisotopic (exact) mass is 374 g/mol. The minimum atomic E-state index is -0.605. The van der Waals surface area contributed by atoms with E-state index in [4.69, 9.17) is 4.74 Å². The normalized spacial score (nSPS) is 11.8. The second kappa shape index (κ2) is 9.09. The minimum Gasteiger partial charge on any atom is -0.505 e. The van der Waals surface area contributed by atoms with Gasteiger partial charge in [-0.3, -0.25) is 9.78 Å². The molecule has 0 aliphatic heterocycles. The molecule has 7 nitrogen and oxygen atoms in total. The standard InChI is InChI=1S/C21H18N4O3/c1-28-18-11-9-16(10-12-18)24-25-19(20(26)15-6-3-2-4-7-15)21(27)23-17-8-5-13-22-14-17/h2-14,26H,1H3,(H,23,27)/b20-19-,25-24?. The predicted octanol–water partition coefficient (Wildman–Crippen LogP) is 4.74. The molecule has 0 bridgehead atoms. The van der Waals surface area contributed by atoms with E-state index >= 15 is 0 Å². The van der Waals surface area contributed by atoms with Crippen molar-refractivity contribution in [2.45, 2.75) is 0 Å². The van der Waals surface area contributed by atoms with Crippen molar-refractivity contribution in [3.8, 4) is 5.75 Å². The summed E-state index contributed by atoms with van der Waals surface area (Å²) >= 11 is 0. The largest absolute Gasteiger partial charge is 0.505 e. The molecule has 0 aliphatic rings. The second-order valence-corrected chi connectivity index (χ2v) is 5.66. The van der Waals surface area contributed by atoms with Crippen LogP contribution < -0.4 is 10.1 Å². The average Bonchev–Trinajstić information content (AvgIpc) is 2.75. The first-order valence-electron chi connectivity index (χ1n) is 8.43. The molecule has 3 rings (SSSR count). The first-order valence-corrected chi connectivity index (χ1v) is 8.43. The van der Waals surface area contributed by atoms with E-state index in [0.717, 1.165) is 0 Å². The van der Waals surface area contributed by atoms with Crippen molar-refractivity contribution < 1.29 is 14.6 Å². The maximum absolute atomic E-state index is 12.7. The van der Waals surface area contributed by atoms with Crippen LogP contribution in [0.1, 0.15) is 5.56 Å². The van der Waals surface area contributed by atoms with E-state index in [-0.39, 0.29) is 11.5 Å². The molecule has 28 heavy (non-hydrogen) atoms. The van der Waals surface area contributed by atoms with Gasteiger partial charge in [-0.15, -0.1) is 5.11 Å². The zero-order valence-corrected chi connectivity index (χ0v) is 15.1. The van der Waals surface area contributed by atoms with Crippen molar-refractivity contribution in [1.29, 1.82) is 0 Å². The van der Waals surface area contributed by atoms with Crippen LogP contribution in [0.3, 0.4) is 0 Å². The number of aliphatic hydroxyl groups excluding tert-OH is 1. The van der Waals surface area contributed by atoms with Gasteiger partial charge in [0.15, 0.2) is 11.5 Å². The maximum Gasteiger partial charge on any atom is 0.280 e. The molecule has 0 unspecified atom stereocenters. The van der Waals surface area contributed by atoms with E-state index < -0.39 is 5.91 Å². The van der Waals surface area contributed by atoms with E-state index in [1.807, 2.05) is 6.07 Å². The van der Waals surface area contributed by atoms with Crippen LogP contribution in [0.4, 0.5) is 11.4 Å². The number of aliphatic hydroxyl groups is 1. The highest BCUT2D eigenvalue weighted by atomic mass is 16.5. The van der Waals surface area contributed by atoms with Gasteiger partial charge in [-0.05, 0) is 36.4 Å². The van der Waals surface area contributed by atoms with Gasteiger partial charge in [0.05, 0.1) is 24.7 Å². The number of ether oxygens (including phenoxy) is 1. The van der Waals surface area contributed by atoms with Crippen LogP contribution in [0.15, 0.2) is 95.0 Å². The van der Waals surface area contributed by atoms with Gasteiger partial charge < -0.3 is 15.2 Å². The number of carbonyl (C=O) groups excluding carboxylic acids is 1. The lowest BCUT2D eigenvalue weighted by Gasteiger charge is -2.07. The minimum absolute atomic E-state index is 0.217. The highest BCUT2D eigenvalue weighted by molar-refractivity contribution is 6.07. The number of nitrogens with one attached hydrogen (secondary N) is 1. The lowest BCUT2D eigenvalue weighted by atomic mass is 10.1. The van der Waals surface area contributed by atoms with Gasteiger partial charge in [0.1, 0.15) is 5.75 Å². The van der Waals surface area contributed by atoms with Gasteiger partial charge >= 0.3 is 0 Å². The Hall–Kier alpha value is -4.00. The Kier molecular flexibility index (Phi) is 6.10. The van der Waals surface area contributed by atoms with Crippen molar-refractivity contribution in [2.24, 2.45) is 10.2 Å². The molecule has 1 amide bonds. The molecule has 1 aromatic heterocycles. The molecule has 0 fully saturated rings. The molecule has 2 aromatic carbocycles. The van der Waals surface area contributed by atoms with Crippen molar-refractivity contribution in [3.05, 3.63) is 90.4 Å². The number of rotatable bonds is 6. The fraction of sp³-hybridized carbons (Fsp3) is 0.0476. The van der Waals surface area contributed by atoms with Crippen LogP contribution >= 0.6 is 0 Å². The van der Waals surface area contributed by atoms with Crippen molar-refractivity contribution >= 4 is 23.0 Å². The lowest BCUT2D eigenvalue weighted by molar-refractivity contribution is -0.112. The van der Waals surface area contributed by atoms with Gasteiger partial charge in [0.25, 0.3) is 5.91 Å². The number of amides is 1. The average molecular weight is 374 g/mol. The van der Waals surface area contributed by atoms with E-state index in [1.165, 1.54) is 6.20 Å². The Morgan fingerprint density at radius 2 is 1.79 bits per heavy atom. The third kappa shape index (κ3) is 4.79. The number of hydrogen-bond donors (Lipinski definition) is 2. The van der Waals surface area contributed by atoms with Gasteiger partial charge in [-0.1, -0.05) is 30.3 Å². The number of pyridine rings is 1. The van der Waals surface area contributed by atoms with Gasteiger partial charge in [0, 0.05) is 11.8 Å². The van der Waals surface area contributed by atoms with E-state index in [9.17, 15) is 9.90 Å². The molecule has 7 heteroatoms. The molecule has 140 valence electrons. The van der Waals surface area contributed by atoms with Crippen LogP contribution in [-0.4, -0.2) is 23.1 Å². The Bertz CT molecular complexity index is 985. The fourth-order valence-electron chi connectivity index (χ4n) is 2.32. The fourth-order valence-corrected chi connectivity index (χ4v) is 2.32. The Labute approximate surface area is 162 Å². The number of azo groups is 1. The van der Waals surface area contributed by atoms with Gasteiger partial charge in [-0.2, -0.15) is 5.11 Å². The number of anilines is 1. The Morgan fingerprint density at radius 1 is 1.04 bits per heavy atom. The molecule has 2 N–H and O–H groups in total. The topological polar surface area (TPSA) is 96.2 Å². The van der Waals surface area contributed by atoms with Crippen LogP contribution in [0, 0.1) is 0 Å². The first-order chi connectivity index (χ1) is 13.7. The van der Waals surface area contributed by atoms with Crippen LogP contribution in [0.25, 0.3) is 5.76 Å². The number of nitrogens with zero attached hydrogens (tertiary/aromatic N) is 3. The molecule has 0 saturated heterocycles. The molecule has 0 aliphatic carbocycles. The summed E-state index contributed by atoms with van der Waals surface area (Å²) in [4.78, 5) is 16.7. The van der Waals surface area contributed by atoms with Crippen LogP contribution in [-0.2, 0) is 4.79 Å². The summed E-state index contributed by atoms with van der Waals surface area (Å²) in [7, 11) is 1.57. The van der Waals surface area contributed by atoms with Gasteiger partial charge in [-0.25, -0.2) is 0 Å². The highest BCUT2D eigenvalue weighted by Crippen LogP contribution is 2.22. The molecule has 3 aromatic rings.